The molecular formula is C12H11N5OS. The van der Waals surface area contributed by atoms with Gasteiger partial charge in [0.15, 0.2) is 5.16 Å². The van der Waals surface area contributed by atoms with Gasteiger partial charge in [0.25, 0.3) is 0 Å². The Morgan fingerprint density at radius 1 is 1.37 bits per heavy atom. The molecule has 3 N–H and O–H groups in total. The molecule has 0 unspecified atom stereocenters. The molecule has 0 fully saturated rings. The molecule has 0 aliphatic heterocycles. The van der Waals surface area contributed by atoms with E-state index in [1.807, 2.05) is 24.3 Å². The summed E-state index contributed by atoms with van der Waals surface area (Å²) >= 11 is 1.40. The van der Waals surface area contributed by atoms with E-state index in [1.165, 1.54) is 16.3 Å². The Bertz CT molecular complexity index is 807. The zero-order valence-electron chi connectivity index (χ0n) is 10.1. The predicted octanol–water partition coefficient (Wildman–Crippen LogP) is 1.39. The molecule has 3 rings (SSSR count). The molecule has 0 saturated carbocycles. The third kappa shape index (κ3) is 1.97. The molecule has 0 saturated heterocycles. The van der Waals surface area contributed by atoms with Crippen LogP contribution in [0.1, 0.15) is 0 Å². The van der Waals surface area contributed by atoms with E-state index in [0.717, 1.165) is 15.8 Å². The van der Waals surface area contributed by atoms with E-state index in [0.29, 0.717) is 10.8 Å². The topological polar surface area (TPSA) is 89.6 Å². The van der Waals surface area contributed by atoms with Gasteiger partial charge in [-0.1, -0.05) is 6.07 Å². The first kappa shape index (κ1) is 11.8. The largest absolute Gasteiger partial charge is 0.397 e. The quantitative estimate of drug-likeness (QED) is 0.689. The standard InChI is InChI=1S/C12H11N5OS/c1-17-11(18)15-16-12(17)19-9-5-4-8(13)10-7(9)3-2-6-14-10/h2-6H,13H2,1H3,(H,15,18). The number of hydrogen-bond acceptors (Lipinski definition) is 5. The summed E-state index contributed by atoms with van der Waals surface area (Å²) in [7, 11) is 1.67. The van der Waals surface area contributed by atoms with Crippen molar-refractivity contribution < 1.29 is 0 Å². The number of nitrogens with two attached hydrogens (primary N) is 1. The zero-order chi connectivity index (χ0) is 13.4. The SMILES string of the molecule is Cn1c(Sc2ccc(N)c3ncccc23)n[nH]c1=O. The van der Waals surface area contributed by atoms with Gasteiger partial charge >= 0.3 is 5.69 Å². The molecule has 0 aliphatic rings. The lowest BCUT2D eigenvalue weighted by Crippen LogP contribution is -2.12. The van der Waals surface area contributed by atoms with Gasteiger partial charge in [-0.05, 0) is 30.0 Å². The van der Waals surface area contributed by atoms with Crippen LogP contribution in [-0.4, -0.2) is 19.7 Å². The fraction of sp³-hybridized carbons (Fsp3) is 0.0833. The number of rotatable bonds is 2. The molecule has 7 heteroatoms. The van der Waals surface area contributed by atoms with Gasteiger partial charge in [0.1, 0.15) is 0 Å². The molecule has 0 radical (unpaired) electrons. The maximum Gasteiger partial charge on any atom is 0.343 e. The molecule has 6 nitrogen and oxygen atoms in total. The van der Waals surface area contributed by atoms with Gasteiger partial charge in [-0.3, -0.25) is 9.55 Å². The van der Waals surface area contributed by atoms with Crippen LogP contribution >= 0.6 is 11.8 Å². The number of anilines is 1. The van der Waals surface area contributed by atoms with Gasteiger partial charge in [-0.25, -0.2) is 9.89 Å². The Hall–Kier alpha value is -2.28. The summed E-state index contributed by atoms with van der Waals surface area (Å²) in [4.78, 5) is 16.6. The fourth-order valence-electron chi connectivity index (χ4n) is 1.78. The van der Waals surface area contributed by atoms with Crippen LogP contribution in [0.5, 0.6) is 0 Å². The monoisotopic (exact) mass is 273 g/mol. The van der Waals surface area contributed by atoms with E-state index >= 15 is 0 Å². The number of hydrogen-bond donors (Lipinski definition) is 2. The Morgan fingerprint density at radius 2 is 2.21 bits per heavy atom. The lowest BCUT2D eigenvalue weighted by atomic mass is 10.2. The van der Waals surface area contributed by atoms with Crippen LogP contribution in [0.2, 0.25) is 0 Å². The van der Waals surface area contributed by atoms with Gasteiger partial charge in [0.2, 0.25) is 0 Å². The minimum absolute atomic E-state index is 0.236. The maximum atomic E-state index is 11.3. The van der Waals surface area contributed by atoms with E-state index in [4.69, 9.17) is 5.73 Å². The van der Waals surface area contributed by atoms with Gasteiger partial charge in [0, 0.05) is 23.5 Å². The number of H-pyrrole nitrogens is 1. The number of pyridine rings is 1. The highest BCUT2D eigenvalue weighted by molar-refractivity contribution is 7.99. The molecule has 0 spiro atoms. The molecule has 1 aromatic carbocycles. The van der Waals surface area contributed by atoms with Crippen LogP contribution in [0.25, 0.3) is 10.9 Å². The molecule has 0 aliphatic carbocycles. The van der Waals surface area contributed by atoms with Crippen LogP contribution in [0.4, 0.5) is 5.69 Å². The minimum Gasteiger partial charge on any atom is -0.397 e. The second kappa shape index (κ2) is 4.43. The van der Waals surface area contributed by atoms with Crippen molar-refractivity contribution in [3.63, 3.8) is 0 Å². The Labute approximate surface area is 112 Å². The summed E-state index contributed by atoms with van der Waals surface area (Å²) in [6, 6.07) is 7.52. The molecule has 0 atom stereocenters. The van der Waals surface area contributed by atoms with Crippen molar-refractivity contribution in [2.75, 3.05) is 5.73 Å². The van der Waals surface area contributed by atoms with Crippen LogP contribution in [0.3, 0.4) is 0 Å². The summed E-state index contributed by atoms with van der Waals surface area (Å²) in [5.74, 6) is 0. The lowest BCUT2D eigenvalue weighted by Gasteiger charge is -2.06. The molecule has 19 heavy (non-hydrogen) atoms. The van der Waals surface area contributed by atoms with E-state index in [9.17, 15) is 4.79 Å². The summed E-state index contributed by atoms with van der Waals surface area (Å²) in [6.07, 6.45) is 1.71. The second-order valence-electron chi connectivity index (χ2n) is 4.02. The normalized spacial score (nSPS) is 11.0. The smallest absolute Gasteiger partial charge is 0.343 e. The van der Waals surface area contributed by atoms with Crippen molar-refractivity contribution in [1.82, 2.24) is 19.7 Å². The van der Waals surface area contributed by atoms with Gasteiger partial charge in [0.05, 0.1) is 11.2 Å². The van der Waals surface area contributed by atoms with Crippen LogP contribution < -0.4 is 11.4 Å². The number of fused-ring (bicyclic) bond motifs is 1. The number of aromatic nitrogens is 4. The third-order valence-corrected chi connectivity index (χ3v) is 3.92. The van der Waals surface area contributed by atoms with E-state index in [1.54, 1.807) is 13.2 Å². The number of benzene rings is 1. The van der Waals surface area contributed by atoms with Crippen LogP contribution in [0.15, 0.2) is 45.3 Å². The minimum atomic E-state index is -0.236. The summed E-state index contributed by atoms with van der Waals surface area (Å²) in [5, 5.41) is 7.93. The average molecular weight is 273 g/mol. The van der Waals surface area contributed by atoms with Crippen molar-refractivity contribution in [2.24, 2.45) is 7.05 Å². The average Bonchev–Trinajstić information content (AvgIpc) is 2.74. The second-order valence-corrected chi connectivity index (χ2v) is 5.03. The molecule has 2 heterocycles. The number of nitrogen functional groups attached to an aromatic ring is 1. The molecule has 0 bridgehead atoms. The first-order valence-corrected chi connectivity index (χ1v) is 6.41. The highest BCUT2D eigenvalue weighted by Crippen LogP contribution is 2.33. The number of nitrogens with one attached hydrogen (secondary N) is 1. The number of nitrogens with zero attached hydrogens (tertiary/aromatic N) is 3. The fourth-order valence-corrected chi connectivity index (χ4v) is 2.70. The zero-order valence-corrected chi connectivity index (χ0v) is 10.9. The highest BCUT2D eigenvalue weighted by atomic mass is 32.2. The third-order valence-electron chi connectivity index (χ3n) is 2.80. The van der Waals surface area contributed by atoms with Crippen molar-refractivity contribution in [1.29, 1.82) is 0 Å². The number of aromatic amines is 1. The first-order valence-electron chi connectivity index (χ1n) is 5.59. The Kier molecular flexibility index (Phi) is 2.75. The van der Waals surface area contributed by atoms with Crippen molar-refractivity contribution in [3.8, 4) is 0 Å². The predicted molar refractivity (Wildman–Crippen MR) is 74.1 cm³/mol. The first-order chi connectivity index (χ1) is 9.16. The summed E-state index contributed by atoms with van der Waals surface area (Å²) in [5.41, 5.74) is 7.06. The van der Waals surface area contributed by atoms with Gasteiger partial charge < -0.3 is 5.73 Å². The Balaban J connectivity index is 2.14. The van der Waals surface area contributed by atoms with E-state index < -0.39 is 0 Å². The Morgan fingerprint density at radius 3 is 2.95 bits per heavy atom. The molecule has 2 aromatic heterocycles. The molecule has 96 valence electrons. The lowest BCUT2D eigenvalue weighted by molar-refractivity contribution is 0.766. The molecule has 0 amide bonds. The van der Waals surface area contributed by atoms with Crippen LogP contribution in [0, 0.1) is 0 Å². The van der Waals surface area contributed by atoms with Crippen molar-refractivity contribution in [2.45, 2.75) is 10.1 Å². The van der Waals surface area contributed by atoms with Crippen molar-refractivity contribution >= 4 is 28.4 Å². The van der Waals surface area contributed by atoms with Crippen LogP contribution in [-0.2, 0) is 7.05 Å². The highest BCUT2D eigenvalue weighted by Gasteiger charge is 2.10. The summed E-state index contributed by atoms with van der Waals surface area (Å²) in [6.45, 7) is 0. The van der Waals surface area contributed by atoms with Gasteiger partial charge in [-0.2, -0.15) is 0 Å². The van der Waals surface area contributed by atoms with Gasteiger partial charge in [-0.15, -0.1) is 5.10 Å². The van der Waals surface area contributed by atoms with Crippen molar-refractivity contribution in [3.05, 3.63) is 40.9 Å². The maximum absolute atomic E-state index is 11.3. The summed E-state index contributed by atoms with van der Waals surface area (Å²) < 4.78 is 1.46. The van der Waals surface area contributed by atoms with E-state index in [2.05, 4.69) is 15.2 Å². The molecular weight excluding hydrogens is 262 g/mol. The van der Waals surface area contributed by atoms with E-state index in [-0.39, 0.29) is 5.69 Å². The molecule has 3 aromatic rings.